The number of carbonyl (C=O) groups is 2. The fourth-order valence-electron chi connectivity index (χ4n) is 2.22. The molecule has 0 bridgehead atoms. The van der Waals surface area contributed by atoms with Gasteiger partial charge >= 0.3 is 11.9 Å². The maximum absolute atomic E-state index is 11.5. The van der Waals surface area contributed by atoms with E-state index in [-0.39, 0.29) is 11.8 Å². The van der Waals surface area contributed by atoms with E-state index in [0.717, 1.165) is 0 Å². The number of cyclic esters (lactones) is 1. The lowest BCUT2D eigenvalue weighted by atomic mass is 10.0. The third-order valence-corrected chi connectivity index (χ3v) is 3.14. The summed E-state index contributed by atoms with van der Waals surface area (Å²) in [5, 5.41) is 0. The van der Waals surface area contributed by atoms with E-state index in [4.69, 9.17) is 9.47 Å². The van der Waals surface area contributed by atoms with Gasteiger partial charge in [0, 0.05) is 5.92 Å². The molecular weight excluding hydrogens is 172 g/mol. The molecule has 1 aliphatic heterocycles. The minimum atomic E-state index is -0.935. The topological polar surface area (TPSA) is 52.6 Å². The van der Waals surface area contributed by atoms with Gasteiger partial charge in [-0.3, -0.25) is 9.59 Å². The van der Waals surface area contributed by atoms with Crippen molar-refractivity contribution in [2.75, 3.05) is 13.2 Å². The van der Waals surface area contributed by atoms with Gasteiger partial charge in [-0.25, -0.2) is 0 Å². The predicted molar refractivity (Wildman–Crippen MR) is 42.7 cm³/mol. The van der Waals surface area contributed by atoms with Crippen molar-refractivity contribution in [3.8, 4) is 0 Å². The molecule has 0 aromatic heterocycles. The summed E-state index contributed by atoms with van der Waals surface area (Å²) < 4.78 is 9.69. The molecule has 72 valence electrons. The van der Waals surface area contributed by atoms with Crippen molar-refractivity contribution in [2.45, 2.75) is 13.8 Å². The average Bonchev–Trinajstić information content (AvgIpc) is 2.50. The van der Waals surface area contributed by atoms with Crippen molar-refractivity contribution in [3.05, 3.63) is 0 Å². The molecular formula is C9H12O4. The Balaban J connectivity index is 2.20. The number of ether oxygens (including phenoxy) is 2. The van der Waals surface area contributed by atoms with Crippen LogP contribution in [0.2, 0.25) is 0 Å². The molecule has 3 atom stereocenters. The number of hydrogen-bond donors (Lipinski definition) is 0. The standard InChI is InChI=1S/C9H12O4/c1-3-12-7(10)9-5(2)6(9)4-13-8(9)11/h5-6H,3-4H2,1-2H3/t5-,6-,9+/m0/s1. The van der Waals surface area contributed by atoms with Crippen molar-refractivity contribution in [1.82, 2.24) is 0 Å². The Hall–Kier alpha value is -1.06. The number of fused-ring (bicyclic) bond motifs is 1. The Morgan fingerprint density at radius 2 is 2.46 bits per heavy atom. The van der Waals surface area contributed by atoms with E-state index in [1.165, 1.54) is 0 Å². The maximum Gasteiger partial charge on any atom is 0.324 e. The zero-order valence-electron chi connectivity index (χ0n) is 7.70. The molecule has 0 amide bonds. The monoisotopic (exact) mass is 184 g/mol. The molecule has 0 aromatic rings. The van der Waals surface area contributed by atoms with Crippen LogP contribution in [0.15, 0.2) is 0 Å². The van der Waals surface area contributed by atoms with Crippen LogP contribution in [0.25, 0.3) is 0 Å². The molecule has 0 N–H and O–H groups in total. The van der Waals surface area contributed by atoms with Crippen molar-refractivity contribution >= 4 is 11.9 Å². The summed E-state index contributed by atoms with van der Waals surface area (Å²) in [4.78, 5) is 22.8. The second-order valence-corrected chi connectivity index (χ2v) is 3.58. The smallest absolute Gasteiger partial charge is 0.324 e. The van der Waals surface area contributed by atoms with Crippen LogP contribution in [0.5, 0.6) is 0 Å². The molecule has 0 aromatic carbocycles. The van der Waals surface area contributed by atoms with E-state index >= 15 is 0 Å². The van der Waals surface area contributed by atoms with Crippen LogP contribution in [-0.2, 0) is 19.1 Å². The first kappa shape index (κ1) is 8.53. The minimum absolute atomic E-state index is 0.0547. The molecule has 0 radical (unpaired) electrons. The Morgan fingerprint density at radius 3 is 2.92 bits per heavy atom. The van der Waals surface area contributed by atoms with Crippen LogP contribution in [0.3, 0.4) is 0 Å². The first-order valence-electron chi connectivity index (χ1n) is 4.50. The Labute approximate surface area is 76.2 Å². The first-order valence-corrected chi connectivity index (χ1v) is 4.50. The second-order valence-electron chi connectivity index (χ2n) is 3.58. The Morgan fingerprint density at radius 1 is 1.77 bits per heavy atom. The summed E-state index contributed by atoms with van der Waals surface area (Å²) in [7, 11) is 0. The lowest BCUT2D eigenvalue weighted by Gasteiger charge is -2.09. The lowest BCUT2D eigenvalue weighted by Crippen LogP contribution is -2.28. The van der Waals surface area contributed by atoms with Gasteiger partial charge in [-0.15, -0.1) is 0 Å². The fourth-order valence-corrected chi connectivity index (χ4v) is 2.22. The van der Waals surface area contributed by atoms with Crippen LogP contribution in [0.4, 0.5) is 0 Å². The molecule has 1 saturated carbocycles. The third kappa shape index (κ3) is 0.806. The predicted octanol–water partition coefficient (Wildman–Crippen LogP) is 0.359. The molecule has 4 nitrogen and oxygen atoms in total. The normalized spacial score (nSPS) is 40.9. The molecule has 0 spiro atoms. The van der Waals surface area contributed by atoms with Crippen molar-refractivity contribution in [3.63, 3.8) is 0 Å². The minimum Gasteiger partial charge on any atom is -0.465 e. The molecule has 2 aliphatic rings. The maximum atomic E-state index is 11.5. The number of hydrogen-bond acceptors (Lipinski definition) is 4. The van der Waals surface area contributed by atoms with E-state index in [2.05, 4.69) is 0 Å². The highest BCUT2D eigenvalue weighted by atomic mass is 16.6. The van der Waals surface area contributed by atoms with Crippen LogP contribution in [0, 0.1) is 17.3 Å². The van der Waals surface area contributed by atoms with Crippen LogP contribution in [0.1, 0.15) is 13.8 Å². The highest BCUT2D eigenvalue weighted by Crippen LogP contribution is 2.63. The van der Waals surface area contributed by atoms with Crippen LogP contribution >= 0.6 is 0 Å². The molecule has 1 saturated heterocycles. The molecule has 13 heavy (non-hydrogen) atoms. The number of rotatable bonds is 2. The van der Waals surface area contributed by atoms with Gasteiger partial charge in [-0.05, 0) is 12.8 Å². The van der Waals surface area contributed by atoms with Crippen molar-refractivity contribution < 1.29 is 19.1 Å². The van der Waals surface area contributed by atoms with Crippen molar-refractivity contribution in [2.24, 2.45) is 17.3 Å². The number of carbonyl (C=O) groups excluding carboxylic acids is 2. The summed E-state index contributed by atoms with van der Waals surface area (Å²) in [6, 6.07) is 0. The quantitative estimate of drug-likeness (QED) is 0.459. The lowest BCUT2D eigenvalue weighted by molar-refractivity contribution is -0.160. The third-order valence-electron chi connectivity index (χ3n) is 3.14. The van der Waals surface area contributed by atoms with Gasteiger partial charge in [0.1, 0.15) is 0 Å². The van der Waals surface area contributed by atoms with Gasteiger partial charge in [0.2, 0.25) is 0 Å². The molecule has 2 rings (SSSR count). The highest BCUT2D eigenvalue weighted by molar-refractivity contribution is 6.06. The van der Waals surface area contributed by atoms with Crippen molar-refractivity contribution in [1.29, 1.82) is 0 Å². The van der Waals surface area contributed by atoms with E-state index < -0.39 is 17.4 Å². The van der Waals surface area contributed by atoms with Crippen LogP contribution < -0.4 is 0 Å². The largest absolute Gasteiger partial charge is 0.465 e. The van der Waals surface area contributed by atoms with E-state index in [1.807, 2.05) is 6.92 Å². The zero-order valence-corrected chi connectivity index (χ0v) is 7.70. The molecule has 4 heteroatoms. The Bertz CT molecular complexity index is 273. The molecule has 1 aliphatic carbocycles. The fraction of sp³-hybridized carbons (Fsp3) is 0.778. The van der Waals surface area contributed by atoms with E-state index in [1.54, 1.807) is 6.92 Å². The number of esters is 2. The zero-order chi connectivity index (χ0) is 9.64. The summed E-state index contributed by atoms with van der Waals surface area (Å²) in [5.41, 5.74) is -0.935. The Kier molecular flexibility index (Phi) is 1.62. The van der Waals surface area contributed by atoms with Gasteiger partial charge in [0.25, 0.3) is 0 Å². The first-order chi connectivity index (χ1) is 6.15. The van der Waals surface area contributed by atoms with Gasteiger partial charge < -0.3 is 9.47 Å². The molecule has 1 heterocycles. The average molecular weight is 184 g/mol. The van der Waals surface area contributed by atoms with Gasteiger partial charge in [0.05, 0.1) is 13.2 Å². The van der Waals surface area contributed by atoms with E-state index in [9.17, 15) is 9.59 Å². The van der Waals surface area contributed by atoms with Gasteiger partial charge in [0.15, 0.2) is 5.41 Å². The second kappa shape index (κ2) is 2.47. The van der Waals surface area contributed by atoms with E-state index in [0.29, 0.717) is 13.2 Å². The SMILES string of the molecule is CCOC(=O)[C@]12C(=O)OC[C@H]1[C@@H]2C. The molecule has 2 fully saturated rings. The summed E-state index contributed by atoms with van der Waals surface area (Å²) >= 11 is 0. The van der Waals surface area contributed by atoms with Crippen LogP contribution in [-0.4, -0.2) is 25.2 Å². The summed E-state index contributed by atoms with van der Waals surface area (Å²) in [6.45, 7) is 4.31. The highest BCUT2D eigenvalue weighted by Gasteiger charge is 2.78. The van der Waals surface area contributed by atoms with Gasteiger partial charge in [-0.2, -0.15) is 0 Å². The summed E-state index contributed by atoms with van der Waals surface area (Å²) in [6.07, 6.45) is 0. The van der Waals surface area contributed by atoms with Gasteiger partial charge in [-0.1, -0.05) is 6.92 Å². The molecule has 0 unspecified atom stereocenters. The summed E-state index contributed by atoms with van der Waals surface area (Å²) in [5.74, 6) is -0.662.